The standard InChI is InChI=1S/C14H13ClN2OS/c1-9-4-3-5-12-13(9)19-17(2)14(12)18-11-6-10(15)7-16-8-11/h3-8,14H,1-2H3. The first-order chi connectivity index (χ1) is 9.15. The average Bonchev–Trinajstić information content (AvgIpc) is 2.69. The van der Waals surface area contributed by atoms with Gasteiger partial charge in [0.1, 0.15) is 5.75 Å². The lowest BCUT2D eigenvalue weighted by atomic mass is 10.1. The summed E-state index contributed by atoms with van der Waals surface area (Å²) in [5.41, 5.74) is 2.46. The third-order valence-corrected chi connectivity index (χ3v) is 4.43. The third kappa shape index (κ3) is 2.43. The summed E-state index contributed by atoms with van der Waals surface area (Å²) >= 11 is 7.63. The molecular formula is C14H13ClN2OS. The number of benzene rings is 1. The number of aromatic nitrogens is 1. The molecule has 1 aromatic heterocycles. The minimum absolute atomic E-state index is 0.111. The van der Waals surface area contributed by atoms with Crippen LogP contribution in [0.1, 0.15) is 17.4 Å². The first kappa shape index (κ1) is 12.8. The molecule has 0 radical (unpaired) electrons. The van der Waals surface area contributed by atoms with E-state index in [9.17, 15) is 0 Å². The van der Waals surface area contributed by atoms with E-state index >= 15 is 0 Å². The van der Waals surface area contributed by atoms with Gasteiger partial charge in [0.25, 0.3) is 0 Å². The van der Waals surface area contributed by atoms with Gasteiger partial charge < -0.3 is 4.74 Å². The normalized spacial score (nSPS) is 18.4. The van der Waals surface area contributed by atoms with Crippen LogP contribution in [0.15, 0.2) is 41.6 Å². The molecule has 1 unspecified atom stereocenters. The molecule has 1 atom stereocenters. The van der Waals surface area contributed by atoms with Gasteiger partial charge in [-0.25, -0.2) is 4.31 Å². The molecule has 1 aliphatic heterocycles. The molecular weight excluding hydrogens is 280 g/mol. The van der Waals surface area contributed by atoms with E-state index in [0.29, 0.717) is 10.8 Å². The molecule has 0 bridgehead atoms. The van der Waals surface area contributed by atoms with Crippen LogP contribution in [0.2, 0.25) is 5.02 Å². The summed E-state index contributed by atoms with van der Waals surface area (Å²) < 4.78 is 8.10. The van der Waals surface area contributed by atoms with Gasteiger partial charge in [0, 0.05) is 29.8 Å². The topological polar surface area (TPSA) is 25.4 Å². The maximum absolute atomic E-state index is 6.01. The maximum Gasteiger partial charge on any atom is 0.189 e. The summed E-state index contributed by atoms with van der Waals surface area (Å²) in [4.78, 5) is 5.31. The lowest BCUT2D eigenvalue weighted by molar-refractivity contribution is 0.117. The monoisotopic (exact) mass is 292 g/mol. The van der Waals surface area contributed by atoms with Crippen molar-refractivity contribution in [3.63, 3.8) is 0 Å². The number of nitrogens with zero attached hydrogens (tertiary/aromatic N) is 2. The number of hydrogen-bond acceptors (Lipinski definition) is 4. The van der Waals surface area contributed by atoms with Crippen molar-refractivity contribution < 1.29 is 4.74 Å². The molecule has 2 heterocycles. The van der Waals surface area contributed by atoms with Gasteiger partial charge in [-0.2, -0.15) is 0 Å². The Morgan fingerprint density at radius 2 is 2.21 bits per heavy atom. The molecule has 3 rings (SSSR count). The van der Waals surface area contributed by atoms with Crippen LogP contribution in [-0.4, -0.2) is 16.3 Å². The minimum Gasteiger partial charge on any atom is -0.468 e. The van der Waals surface area contributed by atoms with Crippen molar-refractivity contribution in [1.82, 2.24) is 9.29 Å². The molecule has 0 saturated carbocycles. The zero-order valence-electron chi connectivity index (χ0n) is 10.6. The van der Waals surface area contributed by atoms with Crippen molar-refractivity contribution in [3.8, 4) is 5.75 Å². The predicted molar refractivity (Wildman–Crippen MR) is 77.4 cm³/mol. The fourth-order valence-electron chi connectivity index (χ4n) is 2.11. The van der Waals surface area contributed by atoms with Crippen molar-refractivity contribution in [3.05, 3.63) is 52.8 Å². The summed E-state index contributed by atoms with van der Waals surface area (Å²) in [6, 6.07) is 8.05. The number of rotatable bonds is 2. The van der Waals surface area contributed by atoms with E-state index in [0.717, 1.165) is 0 Å². The highest BCUT2D eigenvalue weighted by atomic mass is 35.5. The van der Waals surface area contributed by atoms with Gasteiger partial charge in [-0.1, -0.05) is 29.8 Å². The van der Waals surface area contributed by atoms with Crippen LogP contribution in [0.25, 0.3) is 0 Å². The first-order valence-corrected chi connectivity index (χ1v) is 7.08. The number of pyridine rings is 1. The highest BCUT2D eigenvalue weighted by Crippen LogP contribution is 2.45. The van der Waals surface area contributed by atoms with E-state index in [1.165, 1.54) is 16.0 Å². The number of halogens is 1. The van der Waals surface area contributed by atoms with Crippen molar-refractivity contribution in [2.75, 3.05) is 7.05 Å². The molecule has 0 amide bonds. The summed E-state index contributed by atoms with van der Waals surface area (Å²) in [5, 5.41) is 0.579. The van der Waals surface area contributed by atoms with Gasteiger partial charge in [-0.05, 0) is 24.4 Å². The fraction of sp³-hybridized carbons (Fsp3) is 0.214. The molecule has 0 saturated heterocycles. The first-order valence-electron chi connectivity index (χ1n) is 5.92. The highest BCUT2D eigenvalue weighted by Gasteiger charge is 2.31. The summed E-state index contributed by atoms with van der Waals surface area (Å²) in [5.74, 6) is 0.680. The molecule has 1 aromatic carbocycles. The zero-order chi connectivity index (χ0) is 13.4. The Morgan fingerprint density at radius 1 is 1.37 bits per heavy atom. The van der Waals surface area contributed by atoms with Gasteiger partial charge in [0.15, 0.2) is 6.23 Å². The minimum atomic E-state index is -0.111. The van der Waals surface area contributed by atoms with Gasteiger partial charge in [0.05, 0.1) is 11.2 Å². The number of fused-ring (bicyclic) bond motifs is 1. The van der Waals surface area contributed by atoms with Gasteiger partial charge in [0.2, 0.25) is 0 Å². The van der Waals surface area contributed by atoms with E-state index in [1.807, 2.05) is 7.05 Å². The Balaban J connectivity index is 1.92. The Morgan fingerprint density at radius 3 is 3.00 bits per heavy atom. The predicted octanol–water partition coefficient (Wildman–Crippen LogP) is 4.07. The van der Waals surface area contributed by atoms with Crippen LogP contribution in [0.5, 0.6) is 5.75 Å². The molecule has 3 nitrogen and oxygen atoms in total. The SMILES string of the molecule is Cc1cccc2c1SN(C)C2Oc1cncc(Cl)c1. The molecule has 19 heavy (non-hydrogen) atoms. The zero-order valence-corrected chi connectivity index (χ0v) is 12.2. The van der Waals surface area contributed by atoms with E-state index in [-0.39, 0.29) is 6.23 Å². The quantitative estimate of drug-likeness (QED) is 0.779. The Hall–Kier alpha value is -1.23. The number of aryl methyl sites for hydroxylation is 1. The van der Waals surface area contributed by atoms with Crippen molar-refractivity contribution in [2.24, 2.45) is 0 Å². The number of hydrogen-bond donors (Lipinski definition) is 0. The van der Waals surface area contributed by atoms with Crippen LogP contribution in [-0.2, 0) is 0 Å². The van der Waals surface area contributed by atoms with Gasteiger partial charge >= 0.3 is 0 Å². The molecule has 2 aromatic rings. The molecule has 5 heteroatoms. The molecule has 0 fully saturated rings. The van der Waals surface area contributed by atoms with Crippen molar-refractivity contribution in [2.45, 2.75) is 18.0 Å². The van der Waals surface area contributed by atoms with E-state index < -0.39 is 0 Å². The maximum atomic E-state index is 6.01. The van der Waals surface area contributed by atoms with Crippen molar-refractivity contribution in [1.29, 1.82) is 0 Å². The lowest BCUT2D eigenvalue weighted by Gasteiger charge is -2.20. The van der Waals surface area contributed by atoms with E-state index in [1.54, 1.807) is 30.4 Å². The van der Waals surface area contributed by atoms with Crippen LogP contribution < -0.4 is 4.74 Å². The van der Waals surface area contributed by atoms with E-state index in [2.05, 4.69) is 34.4 Å². The fourth-order valence-corrected chi connectivity index (χ4v) is 3.30. The Labute approximate surface area is 121 Å². The van der Waals surface area contributed by atoms with Gasteiger partial charge in [-0.3, -0.25) is 4.98 Å². The lowest BCUT2D eigenvalue weighted by Crippen LogP contribution is -2.18. The molecule has 0 spiro atoms. The third-order valence-electron chi connectivity index (χ3n) is 3.00. The van der Waals surface area contributed by atoms with Gasteiger partial charge in [-0.15, -0.1) is 0 Å². The highest BCUT2D eigenvalue weighted by molar-refractivity contribution is 7.97. The average molecular weight is 293 g/mol. The summed E-state index contributed by atoms with van der Waals surface area (Å²) in [7, 11) is 2.02. The summed E-state index contributed by atoms with van der Waals surface area (Å²) in [6.07, 6.45) is 3.16. The molecule has 98 valence electrons. The second-order valence-electron chi connectivity index (χ2n) is 4.44. The Bertz CT molecular complexity index is 620. The number of ether oxygens (including phenoxy) is 1. The smallest absolute Gasteiger partial charge is 0.189 e. The van der Waals surface area contributed by atoms with Crippen LogP contribution in [0.4, 0.5) is 0 Å². The molecule has 1 aliphatic rings. The Kier molecular flexibility index (Phi) is 3.39. The second-order valence-corrected chi connectivity index (χ2v) is 6.04. The largest absolute Gasteiger partial charge is 0.468 e. The second kappa shape index (κ2) is 5.04. The molecule has 0 aliphatic carbocycles. The van der Waals surface area contributed by atoms with Crippen LogP contribution >= 0.6 is 23.5 Å². The summed E-state index contributed by atoms with van der Waals surface area (Å²) in [6.45, 7) is 2.11. The molecule has 0 N–H and O–H groups in total. The van der Waals surface area contributed by atoms with Crippen LogP contribution in [0.3, 0.4) is 0 Å². The van der Waals surface area contributed by atoms with Crippen LogP contribution in [0, 0.1) is 6.92 Å². The van der Waals surface area contributed by atoms with E-state index in [4.69, 9.17) is 16.3 Å². The van der Waals surface area contributed by atoms with Crippen molar-refractivity contribution >= 4 is 23.5 Å².